The van der Waals surface area contributed by atoms with Crippen LogP contribution in [-0.2, 0) is 14.3 Å². The zero-order valence-corrected chi connectivity index (χ0v) is 9.62. The lowest BCUT2D eigenvalue weighted by Crippen LogP contribution is -2.22. The van der Waals surface area contributed by atoms with Crippen molar-refractivity contribution in [2.45, 2.75) is 58.2 Å². The monoisotopic (exact) mass is 212 g/mol. The largest absolute Gasteiger partial charge is 0.460 e. The minimum absolute atomic E-state index is 0.140. The molecule has 1 aliphatic heterocycles. The molecule has 2 aliphatic rings. The zero-order chi connectivity index (χ0) is 10.9. The van der Waals surface area contributed by atoms with Gasteiger partial charge in [-0.3, -0.25) is 0 Å². The Labute approximate surface area is 91.1 Å². The van der Waals surface area contributed by atoms with Crippen LogP contribution in [0.4, 0.5) is 0 Å². The van der Waals surface area contributed by atoms with Gasteiger partial charge in [0.25, 0.3) is 0 Å². The van der Waals surface area contributed by atoms with Gasteiger partial charge in [-0.2, -0.15) is 0 Å². The van der Waals surface area contributed by atoms with E-state index in [4.69, 9.17) is 9.47 Å². The number of hydrogen-bond acceptors (Lipinski definition) is 3. The van der Waals surface area contributed by atoms with Gasteiger partial charge in [-0.1, -0.05) is 26.7 Å². The molecule has 2 rings (SSSR count). The van der Waals surface area contributed by atoms with Crippen molar-refractivity contribution in [3.63, 3.8) is 0 Å². The van der Waals surface area contributed by atoms with Crippen molar-refractivity contribution >= 4 is 5.97 Å². The van der Waals surface area contributed by atoms with Crippen molar-refractivity contribution < 1.29 is 14.3 Å². The summed E-state index contributed by atoms with van der Waals surface area (Å²) in [6.45, 7) is 5.02. The molecule has 0 aromatic rings. The summed E-state index contributed by atoms with van der Waals surface area (Å²) in [5.74, 6) is -0.150. The van der Waals surface area contributed by atoms with Crippen molar-refractivity contribution in [2.24, 2.45) is 5.41 Å². The quantitative estimate of drug-likeness (QED) is 0.530. The second kappa shape index (κ2) is 4.12. The van der Waals surface area contributed by atoms with E-state index in [0.29, 0.717) is 12.0 Å². The van der Waals surface area contributed by atoms with Crippen molar-refractivity contribution in [1.82, 2.24) is 0 Å². The number of hydrogen-bond donors (Lipinski definition) is 0. The van der Waals surface area contributed by atoms with Crippen LogP contribution in [-0.4, -0.2) is 24.8 Å². The summed E-state index contributed by atoms with van der Waals surface area (Å²) in [5, 5.41) is 0. The van der Waals surface area contributed by atoms with Gasteiger partial charge in [0.15, 0.2) is 6.10 Å². The molecule has 1 heterocycles. The standard InChI is InChI=1S/C12H20O3/c1-3-12(4-2)6-5-9(7-12)15-11(13)10-8-14-10/h9-10H,3-8H2,1-2H3. The van der Waals surface area contributed by atoms with Crippen LogP contribution in [0.2, 0.25) is 0 Å². The molecule has 0 amide bonds. The van der Waals surface area contributed by atoms with E-state index in [0.717, 1.165) is 12.8 Å². The van der Waals surface area contributed by atoms with Gasteiger partial charge in [-0.05, 0) is 24.7 Å². The summed E-state index contributed by atoms with van der Waals surface area (Å²) in [6.07, 6.45) is 5.54. The number of carbonyl (C=O) groups excluding carboxylic acids is 1. The van der Waals surface area contributed by atoms with E-state index in [1.165, 1.54) is 19.3 Å². The minimum atomic E-state index is -0.247. The molecule has 0 aromatic heterocycles. The summed E-state index contributed by atoms with van der Waals surface area (Å²) in [4.78, 5) is 11.4. The van der Waals surface area contributed by atoms with Crippen LogP contribution in [0, 0.1) is 5.41 Å². The second-order valence-electron chi connectivity index (χ2n) is 4.83. The van der Waals surface area contributed by atoms with Gasteiger partial charge in [0.2, 0.25) is 0 Å². The van der Waals surface area contributed by atoms with Gasteiger partial charge >= 0.3 is 5.97 Å². The van der Waals surface area contributed by atoms with Gasteiger partial charge in [0.05, 0.1) is 6.61 Å². The van der Waals surface area contributed by atoms with Crippen molar-refractivity contribution in [3.05, 3.63) is 0 Å². The Morgan fingerprint density at radius 1 is 1.47 bits per heavy atom. The molecule has 2 atom stereocenters. The first-order valence-electron chi connectivity index (χ1n) is 6.01. The van der Waals surface area contributed by atoms with Gasteiger partial charge in [-0.15, -0.1) is 0 Å². The van der Waals surface area contributed by atoms with Gasteiger partial charge < -0.3 is 9.47 Å². The van der Waals surface area contributed by atoms with Crippen LogP contribution in [0.5, 0.6) is 0 Å². The van der Waals surface area contributed by atoms with Crippen LogP contribution in [0.15, 0.2) is 0 Å². The molecule has 2 unspecified atom stereocenters. The van der Waals surface area contributed by atoms with E-state index in [9.17, 15) is 4.79 Å². The zero-order valence-electron chi connectivity index (χ0n) is 9.62. The molecule has 0 N–H and O–H groups in total. The molecule has 3 heteroatoms. The summed E-state index contributed by atoms with van der Waals surface area (Å²) in [6, 6.07) is 0. The number of rotatable bonds is 4. The van der Waals surface area contributed by atoms with Crippen LogP contribution >= 0.6 is 0 Å². The number of carbonyl (C=O) groups is 1. The highest BCUT2D eigenvalue weighted by atomic mass is 16.6. The number of ether oxygens (including phenoxy) is 2. The normalized spacial score (nSPS) is 32.7. The molecular formula is C12H20O3. The van der Waals surface area contributed by atoms with Gasteiger partial charge in [0.1, 0.15) is 6.10 Å². The lowest BCUT2D eigenvalue weighted by molar-refractivity contribution is -0.150. The molecule has 86 valence electrons. The Bertz CT molecular complexity index is 241. The van der Waals surface area contributed by atoms with E-state index in [2.05, 4.69) is 13.8 Å². The Morgan fingerprint density at radius 3 is 2.60 bits per heavy atom. The van der Waals surface area contributed by atoms with E-state index in [1.807, 2.05) is 0 Å². The maximum absolute atomic E-state index is 11.4. The van der Waals surface area contributed by atoms with Crippen molar-refractivity contribution in [1.29, 1.82) is 0 Å². The van der Waals surface area contributed by atoms with E-state index < -0.39 is 0 Å². The minimum Gasteiger partial charge on any atom is -0.460 e. The summed E-state index contributed by atoms with van der Waals surface area (Å²) < 4.78 is 10.3. The first-order valence-corrected chi connectivity index (χ1v) is 6.01. The fraction of sp³-hybridized carbons (Fsp3) is 0.917. The van der Waals surface area contributed by atoms with Gasteiger partial charge in [0, 0.05) is 0 Å². The maximum atomic E-state index is 11.4. The van der Waals surface area contributed by atoms with Crippen molar-refractivity contribution in [2.75, 3.05) is 6.61 Å². The second-order valence-corrected chi connectivity index (χ2v) is 4.83. The summed E-state index contributed by atoms with van der Waals surface area (Å²) in [5.41, 5.74) is 0.426. The molecule has 3 nitrogen and oxygen atoms in total. The summed E-state index contributed by atoms with van der Waals surface area (Å²) in [7, 11) is 0. The summed E-state index contributed by atoms with van der Waals surface area (Å²) >= 11 is 0. The average Bonchev–Trinajstić information content (AvgIpc) is 3.02. The Hall–Kier alpha value is -0.570. The molecule has 0 spiro atoms. The highest BCUT2D eigenvalue weighted by Crippen LogP contribution is 2.45. The van der Waals surface area contributed by atoms with Crippen LogP contribution in [0.3, 0.4) is 0 Å². The SMILES string of the molecule is CCC1(CC)CCC(OC(=O)C2CO2)C1. The maximum Gasteiger partial charge on any atom is 0.337 e. The van der Waals surface area contributed by atoms with Crippen LogP contribution in [0.25, 0.3) is 0 Å². The molecule has 1 saturated heterocycles. The Morgan fingerprint density at radius 2 is 2.13 bits per heavy atom. The fourth-order valence-corrected chi connectivity index (χ4v) is 2.57. The first-order chi connectivity index (χ1) is 7.19. The molecule has 0 aromatic carbocycles. The predicted octanol–water partition coefficient (Wildman–Crippen LogP) is 2.29. The lowest BCUT2D eigenvalue weighted by Gasteiger charge is -2.25. The smallest absolute Gasteiger partial charge is 0.337 e. The fourth-order valence-electron chi connectivity index (χ4n) is 2.57. The van der Waals surface area contributed by atoms with E-state index >= 15 is 0 Å². The Kier molecular flexibility index (Phi) is 3.01. The molecule has 2 fully saturated rings. The van der Waals surface area contributed by atoms with E-state index in [1.54, 1.807) is 0 Å². The average molecular weight is 212 g/mol. The molecule has 0 bridgehead atoms. The number of epoxide rings is 1. The molecular weight excluding hydrogens is 192 g/mol. The molecule has 1 saturated carbocycles. The van der Waals surface area contributed by atoms with E-state index in [-0.39, 0.29) is 18.2 Å². The molecule has 15 heavy (non-hydrogen) atoms. The van der Waals surface area contributed by atoms with Crippen LogP contribution < -0.4 is 0 Å². The topological polar surface area (TPSA) is 38.8 Å². The lowest BCUT2D eigenvalue weighted by atomic mass is 9.81. The predicted molar refractivity (Wildman–Crippen MR) is 56.5 cm³/mol. The first kappa shape index (κ1) is 10.9. The van der Waals surface area contributed by atoms with Crippen molar-refractivity contribution in [3.8, 4) is 0 Å². The highest BCUT2D eigenvalue weighted by Gasteiger charge is 2.40. The third-order valence-corrected chi connectivity index (χ3v) is 4.04. The van der Waals surface area contributed by atoms with Crippen LogP contribution in [0.1, 0.15) is 46.0 Å². The molecule has 0 radical (unpaired) electrons. The van der Waals surface area contributed by atoms with Gasteiger partial charge in [-0.25, -0.2) is 4.79 Å². The highest BCUT2D eigenvalue weighted by molar-refractivity contribution is 5.77. The number of esters is 1. The Balaban J connectivity index is 1.83. The third kappa shape index (κ3) is 2.33. The molecule has 1 aliphatic carbocycles. The third-order valence-electron chi connectivity index (χ3n) is 4.04.